The number of fused-ring (bicyclic) bond motifs is 1. The molecule has 9 heteroatoms. The van der Waals surface area contributed by atoms with Gasteiger partial charge < -0.3 is 9.76 Å². The topological polar surface area (TPSA) is 108 Å². The van der Waals surface area contributed by atoms with Crippen LogP contribution in [0.2, 0.25) is 0 Å². The Hall–Kier alpha value is -0.0336. The molecular formula is C6H4KN3O4S. The Labute approximate surface area is 127 Å². The molecule has 1 aromatic heterocycles. The molecule has 2 aromatic rings. The van der Waals surface area contributed by atoms with E-state index in [1.165, 1.54) is 6.07 Å². The first-order chi connectivity index (χ1) is 6.48. The van der Waals surface area contributed by atoms with E-state index in [-0.39, 0.29) is 62.4 Å². The van der Waals surface area contributed by atoms with Crippen LogP contribution in [0.25, 0.3) is 11.0 Å². The van der Waals surface area contributed by atoms with Crippen molar-refractivity contribution in [1.29, 1.82) is 0 Å². The minimum absolute atomic E-state index is 0. The van der Waals surface area contributed by atoms with Crippen LogP contribution in [-0.2, 0) is 10.1 Å². The Balaban J connectivity index is 0.00000112. The molecular weight excluding hydrogens is 249 g/mol. The molecule has 0 bridgehead atoms. The second-order valence-corrected chi connectivity index (χ2v) is 3.96. The maximum absolute atomic E-state index is 10.6. The molecule has 0 radical (unpaired) electrons. The van der Waals surface area contributed by atoms with Crippen LogP contribution in [0.15, 0.2) is 23.1 Å². The molecule has 0 saturated heterocycles. The summed E-state index contributed by atoms with van der Waals surface area (Å²) in [5.74, 6) is 0. The molecule has 0 amide bonds. The molecule has 1 aromatic carbocycles. The van der Waals surface area contributed by atoms with Crippen molar-refractivity contribution in [1.82, 2.24) is 15.2 Å². The van der Waals surface area contributed by atoms with E-state index in [9.17, 15) is 13.0 Å². The maximum Gasteiger partial charge on any atom is 1.00 e. The third-order valence-electron chi connectivity index (χ3n) is 1.69. The number of hydrogen-bond donors (Lipinski definition) is 1. The van der Waals surface area contributed by atoms with Gasteiger partial charge in [0.15, 0.2) is 0 Å². The second-order valence-electron chi connectivity index (χ2n) is 2.58. The van der Waals surface area contributed by atoms with Crippen molar-refractivity contribution in [2.75, 3.05) is 0 Å². The minimum atomic E-state index is -4.49. The Kier molecular flexibility index (Phi) is 3.87. The maximum atomic E-state index is 10.6. The number of benzene rings is 1. The molecule has 0 spiro atoms. The molecule has 0 unspecified atom stereocenters. The number of aromatic nitrogens is 3. The fourth-order valence-corrected chi connectivity index (χ4v) is 1.54. The molecule has 0 atom stereocenters. The van der Waals surface area contributed by atoms with Crippen LogP contribution in [-0.4, -0.2) is 33.3 Å². The summed E-state index contributed by atoms with van der Waals surface area (Å²) in [7, 11) is -4.49. The molecule has 74 valence electrons. The van der Waals surface area contributed by atoms with Gasteiger partial charge in [0.1, 0.15) is 21.2 Å². The van der Waals surface area contributed by atoms with Crippen LogP contribution >= 0.6 is 0 Å². The molecule has 0 saturated carbocycles. The summed E-state index contributed by atoms with van der Waals surface area (Å²) in [6, 6.07) is 3.39. The van der Waals surface area contributed by atoms with Crippen molar-refractivity contribution in [3.8, 4) is 0 Å². The zero-order chi connectivity index (χ0) is 10.3. The van der Waals surface area contributed by atoms with Gasteiger partial charge in [0, 0.05) is 0 Å². The van der Waals surface area contributed by atoms with Gasteiger partial charge in [-0.05, 0) is 23.4 Å². The van der Waals surface area contributed by atoms with E-state index in [1.54, 1.807) is 0 Å². The van der Waals surface area contributed by atoms with E-state index in [2.05, 4.69) is 10.3 Å². The van der Waals surface area contributed by atoms with Crippen LogP contribution < -0.4 is 51.4 Å². The van der Waals surface area contributed by atoms with Crippen LogP contribution in [0.5, 0.6) is 0 Å². The Morgan fingerprint density at radius 1 is 1.40 bits per heavy atom. The average Bonchev–Trinajstić information content (AvgIpc) is 2.46. The first kappa shape index (κ1) is 13.0. The van der Waals surface area contributed by atoms with Gasteiger partial charge in [0.05, 0.1) is 4.90 Å². The van der Waals surface area contributed by atoms with Crippen molar-refractivity contribution in [2.24, 2.45) is 0 Å². The molecule has 7 nitrogen and oxygen atoms in total. The molecule has 1 N–H and O–H groups in total. The fraction of sp³-hybridized carbons (Fsp3) is 0. The van der Waals surface area contributed by atoms with Crippen LogP contribution in [0.4, 0.5) is 0 Å². The third-order valence-corrected chi connectivity index (χ3v) is 2.52. The van der Waals surface area contributed by atoms with E-state index in [0.717, 1.165) is 12.1 Å². The SMILES string of the molecule is O=S(=O)([O-])c1ccc2c(c1)nnn2O.[K+]. The van der Waals surface area contributed by atoms with Gasteiger partial charge in [-0.3, -0.25) is 0 Å². The third kappa shape index (κ3) is 2.56. The van der Waals surface area contributed by atoms with Crippen molar-refractivity contribution < 1.29 is 69.6 Å². The normalized spacial score (nSPS) is 11.3. The summed E-state index contributed by atoms with van der Waals surface area (Å²) in [6.07, 6.45) is 0. The van der Waals surface area contributed by atoms with Gasteiger partial charge in [0.2, 0.25) is 0 Å². The zero-order valence-electron chi connectivity index (χ0n) is 7.65. The molecule has 2 rings (SSSR count). The van der Waals surface area contributed by atoms with Gasteiger partial charge in [-0.25, -0.2) is 8.42 Å². The van der Waals surface area contributed by atoms with E-state index < -0.39 is 15.0 Å². The fourth-order valence-electron chi connectivity index (χ4n) is 1.05. The first-order valence-corrected chi connectivity index (χ1v) is 4.90. The summed E-state index contributed by atoms with van der Waals surface area (Å²) in [5.41, 5.74) is 0.377. The predicted molar refractivity (Wildman–Crippen MR) is 42.7 cm³/mol. The smallest absolute Gasteiger partial charge is 0.744 e. The Morgan fingerprint density at radius 3 is 2.67 bits per heavy atom. The van der Waals surface area contributed by atoms with Crippen molar-refractivity contribution in [2.45, 2.75) is 4.90 Å². The quantitative estimate of drug-likeness (QED) is 0.322. The molecule has 0 fully saturated rings. The number of hydrogen-bond acceptors (Lipinski definition) is 6. The van der Waals surface area contributed by atoms with E-state index >= 15 is 0 Å². The van der Waals surface area contributed by atoms with Crippen LogP contribution in [0.3, 0.4) is 0 Å². The van der Waals surface area contributed by atoms with Gasteiger partial charge >= 0.3 is 51.4 Å². The monoisotopic (exact) mass is 253 g/mol. The van der Waals surface area contributed by atoms with Gasteiger partial charge in [0.25, 0.3) is 0 Å². The average molecular weight is 253 g/mol. The first-order valence-electron chi connectivity index (χ1n) is 3.49. The Morgan fingerprint density at radius 2 is 2.07 bits per heavy atom. The Bertz CT molecular complexity index is 593. The molecule has 0 aliphatic rings. The van der Waals surface area contributed by atoms with Crippen molar-refractivity contribution in [3.63, 3.8) is 0 Å². The number of rotatable bonds is 1. The van der Waals surface area contributed by atoms with E-state index in [0.29, 0.717) is 4.85 Å². The van der Waals surface area contributed by atoms with Crippen LogP contribution in [0.1, 0.15) is 0 Å². The predicted octanol–water partition coefficient (Wildman–Crippen LogP) is -3.42. The second kappa shape index (κ2) is 4.45. The number of nitrogens with zero attached hydrogens (tertiary/aromatic N) is 3. The molecule has 0 aliphatic heterocycles. The van der Waals surface area contributed by atoms with Crippen LogP contribution in [0, 0.1) is 0 Å². The van der Waals surface area contributed by atoms with Gasteiger partial charge in [-0.2, -0.15) is 0 Å². The molecule has 1 heterocycles. The van der Waals surface area contributed by atoms with Crippen molar-refractivity contribution in [3.05, 3.63) is 18.2 Å². The summed E-state index contributed by atoms with van der Waals surface area (Å²) in [4.78, 5) is 0.0989. The molecule has 0 aliphatic carbocycles. The summed E-state index contributed by atoms with van der Waals surface area (Å²) < 4.78 is 31.8. The zero-order valence-corrected chi connectivity index (χ0v) is 11.6. The van der Waals surface area contributed by atoms with Gasteiger partial charge in [-0.1, -0.05) is 4.85 Å². The minimum Gasteiger partial charge on any atom is -0.744 e. The largest absolute Gasteiger partial charge is 1.00 e. The van der Waals surface area contributed by atoms with Crippen molar-refractivity contribution >= 4 is 21.2 Å². The summed E-state index contributed by atoms with van der Waals surface area (Å²) >= 11 is 0. The van der Waals surface area contributed by atoms with E-state index in [4.69, 9.17) is 5.21 Å². The standard InChI is InChI=1S/C6H5N3O4S.K/c10-9-6-2-1-4(14(11,12)13)3-5(6)7-8-9;/h1-3,10H,(H,11,12,13);/q;+1/p-1. The summed E-state index contributed by atoms with van der Waals surface area (Å²) in [5, 5.41) is 15.7. The van der Waals surface area contributed by atoms with Gasteiger partial charge in [-0.15, -0.1) is 5.10 Å². The van der Waals surface area contributed by atoms with E-state index in [1.807, 2.05) is 0 Å². The molecule has 15 heavy (non-hydrogen) atoms. The summed E-state index contributed by atoms with van der Waals surface area (Å²) in [6.45, 7) is 0.